The van der Waals surface area contributed by atoms with Gasteiger partial charge in [0.1, 0.15) is 11.3 Å². The Bertz CT molecular complexity index is 882. The average molecular weight is 363 g/mol. The number of ether oxygens (including phenoxy) is 2. The van der Waals surface area contributed by atoms with Crippen molar-refractivity contribution < 1.29 is 18.7 Å². The normalized spacial score (nSPS) is 22.5. The zero-order chi connectivity index (χ0) is 18.3. The Kier molecular flexibility index (Phi) is 4.44. The summed E-state index contributed by atoms with van der Waals surface area (Å²) < 4.78 is 26.0. The average Bonchev–Trinajstić information content (AvgIpc) is 2.98. The van der Waals surface area contributed by atoms with Crippen LogP contribution in [0.5, 0.6) is 5.75 Å². The molecule has 0 saturated carbocycles. The number of piperidine rings is 1. The number of nitrogens with one attached hydrogen (secondary N) is 1. The van der Waals surface area contributed by atoms with Crippen molar-refractivity contribution in [2.24, 2.45) is 0 Å². The van der Waals surface area contributed by atoms with Crippen molar-refractivity contribution in [1.82, 2.24) is 14.5 Å². The van der Waals surface area contributed by atoms with E-state index in [1.165, 1.54) is 13.2 Å². The van der Waals surface area contributed by atoms with Crippen molar-refractivity contribution in [3.05, 3.63) is 28.4 Å². The summed E-state index contributed by atoms with van der Waals surface area (Å²) in [5.41, 5.74) is 0.451. The van der Waals surface area contributed by atoms with Crippen LogP contribution in [0.15, 0.2) is 16.9 Å². The first kappa shape index (κ1) is 17.1. The Morgan fingerprint density at radius 2 is 1.96 bits per heavy atom. The van der Waals surface area contributed by atoms with Crippen LogP contribution >= 0.6 is 0 Å². The van der Waals surface area contributed by atoms with Crippen LogP contribution in [-0.2, 0) is 9.53 Å². The second-order valence-electron chi connectivity index (χ2n) is 6.94. The summed E-state index contributed by atoms with van der Waals surface area (Å²) in [7, 11) is 1.48. The maximum atomic E-state index is 14.2. The van der Waals surface area contributed by atoms with Crippen LogP contribution < -0.4 is 10.4 Å². The van der Waals surface area contributed by atoms with Gasteiger partial charge in [-0.05, 0) is 19.3 Å². The SMILES string of the molecule is COc1cc(F)c2[nH]c(=O)n(C3CCN(C4CCOC(=O)C4)CC3)c2c1. The van der Waals surface area contributed by atoms with E-state index >= 15 is 0 Å². The first-order chi connectivity index (χ1) is 12.6. The van der Waals surface area contributed by atoms with Crippen LogP contribution in [0.25, 0.3) is 11.0 Å². The fourth-order valence-electron chi connectivity index (χ4n) is 4.12. The van der Waals surface area contributed by atoms with E-state index in [0.29, 0.717) is 24.3 Å². The van der Waals surface area contributed by atoms with Gasteiger partial charge >= 0.3 is 11.7 Å². The van der Waals surface area contributed by atoms with Gasteiger partial charge in [0.2, 0.25) is 0 Å². The summed E-state index contributed by atoms with van der Waals surface area (Å²) in [4.78, 5) is 28.9. The lowest BCUT2D eigenvalue weighted by atomic mass is 9.99. The predicted molar refractivity (Wildman–Crippen MR) is 92.9 cm³/mol. The molecule has 1 N–H and O–H groups in total. The predicted octanol–water partition coefficient (Wildman–Crippen LogP) is 1.82. The second-order valence-corrected chi connectivity index (χ2v) is 6.94. The number of aromatic nitrogens is 2. The molecule has 0 bridgehead atoms. The number of benzene rings is 1. The number of halogens is 1. The molecule has 7 nitrogen and oxygen atoms in total. The third-order valence-electron chi connectivity index (χ3n) is 5.49. The van der Waals surface area contributed by atoms with Crippen molar-refractivity contribution in [3.8, 4) is 5.75 Å². The van der Waals surface area contributed by atoms with Gasteiger partial charge in [0.05, 0.1) is 25.7 Å². The van der Waals surface area contributed by atoms with Gasteiger partial charge in [-0.1, -0.05) is 0 Å². The maximum Gasteiger partial charge on any atom is 0.326 e. The van der Waals surface area contributed by atoms with Gasteiger partial charge in [0.25, 0.3) is 0 Å². The highest BCUT2D eigenvalue weighted by atomic mass is 19.1. The highest BCUT2D eigenvalue weighted by Gasteiger charge is 2.31. The van der Waals surface area contributed by atoms with Crippen LogP contribution in [0.1, 0.15) is 31.7 Å². The van der Waals surface area contributed by atoms with Crippen molar-refractivity contribution in [1.29, 1.82) is 0 Å². The number of methoxy groups -OCH3 is 1. The lowest BCUT2D eigenvalue weighted by molar-refractivity contribution is -0.150. The van der Waals surface area contributed by atoms with Crippen molar-refractivity contribution in [3.63, 3.8) is 0 Å². The molecule has 1 atom stereocenters. The molecule has 8 heteroatoms. The quantitative estimate of drug-likeness (QED) is 0.842. The standard InChI is InChI=1S/C18H22FN3O4/c1-25-13-9-14(19)17-15(10-13)22(18(24)20-17)11-2-5-21(6-3-11)12-4-7-26-16(23)8-12/h9-12H,2-8H2,1H3,(H,20,24). The van der Waals surface area contributed by atoms with Gasteiger partial charge in [-0.25, -0.2) is 9.18 Å². The van der Waals surface area contributed by atoms with Gasteiger partial charge in [-0.2, -0.15) is 0 Å². The van der Waals surface area contributed by atoms with E-state index in [-0.39, 0.29) is 29.3 Å². The van der Waals surface area contributed by atoms with Crippen molar-refractivity contribution >= 4 is 17.0 Å². The van der Waals surface area contributed by atoms with Crippen molar-refractivity contribution in [2.75, 3.05) is 26.8 Å². The smallest absolute Gasteiger partial charge is 0.326 e. The molecule has 1 aromatic heterocycles. The number of imidazole rings is 1. The van der Waals surface area contributed by atoms with Gasteiger partial charge in [-0.3, -0.25) is 14.3 Å². The number of nitrogens with zero attached hydrogens (tertiary/aromatic N) is 2. The number of rotatable bonds is 3. The molecule has 2 saturated heterocycles. The zero-order valence-electron chi connectivity index (χ0n) is 14.7. The van der Waals surface area contributed by atoms with Gasteiger partial charge < -0.3 is 14.5 Å². The number of H-pyrrole nitrogens is 1. The summed E-state index contributed by atoms with van der Waals surface area (Å²) in [6, 6.07) is 3.18. The number of cyclic esters (lactones) is 1. The van der Waals surface area contributed by atoms with Crippen LogP contribution in [-0.4, -0.2) is 53.3 Å². The highest BCUT2D eigenvalue weighted by molar-refractivity contribution is 5.78. The number of carbonyl (C=O) groups excluding carboxylic acids is 1. The molecule has 0 spiro atoms. The number of esters is 1. The van der Waals surface area contributed by atoms with Gasteiger partial charge in [0, 0.05) is 37.3 Å². The third kappa shape index (κ3) is 2.98. The first-order valence-corrected chi connectivity index (χ1v) is 8.94. The Balaban J connectivity index is 1.56. The summed E-state index contributed by atoms with van der Waals surface area (Å²) in [5.74, 6) is -0.243. The fraction of sp³-hybridized carbons (Fsp3) is 0.556. The van der Waals surface area contributed by atoms with Crippen LogP contribution in [0, 0.1) is 5.82 Å². The molecule has 0 aliphatic carbocycles. The molecule has 2 aromatic rings. The molecule has 1 aromatic carbocycles. The third-order valence-corrected chi connectivity index (χ3v) is 5.49. The minimum absolute atomic E-state index is 0.00505. The lowest BCUT2D eigenvalue weighted by Crippen LogP contribution is -2.46. The summed E-state index contributed by atoms with van der Waals surface area (Å²) in [6.07, 6.45) is 2.83. The molecule has 2 fully saturated rings. The first-order valence-electron chi connectivity index (χ1n) is 8.94. The molecule has 0 amide bonds. The molecule has 4 rings (SSSR count). The van der Waals surface area contributed by atoms with Crippen LogP contribution in [0.2, 0.25) is 0 Å². The minimum atomic E-state index is -0.492. The van der Waals surface area contributed by atoms with E-state index in [9.17, 15) is 14.0 Å². The lowest BCUT2D eigenvalue weighted by Gasteiger charge is -2.38. The number of fused-ring (bicyclic) bond motifs is 1. The second kappa shape index (κ2) is 6.75. The molecule has 1 unspecified atom stereocenters. The van der Waals surface area contributed by atoms with E-state index < -0.39 is 5.82 Å². The maximum absolute atomic E-state index is 14.2. The van der Waals surface area contributed by atoms with E-state index in [4.69, 9.17) is 9.47 Å². The minimum Gasteiger partial charge on any atom is -0.497 e. The zero-order valence-corrected chi connectivity index (χ0v) is 14.7. The van der Waals surface area contributed by atoms with Gasteiger partial charge in [0.15, 0.2) is 5.82 Å². The van der Waals surface area contributed by atoms with Crippen LogP contribution in [0.3, 0.4) is 0 Å². The Labute approximate surface area is 149 Å². The topological polar surface area (TPSA) is 76.6 Å². The van der Waals surface area contributed by atoms with Gasteiger partial charge in [-0.15, -0.1) is 0 Å². The Morgan fingerprint density at radius 3 is 2.65 bits per heavy atom. The van der Waals surface area contributed by atoms with E-state index in [0.717, 1.165) is 32.4 Å². The fourth-order valence-corrected chi connectivity index (χ4v) is 4.12. The summed E-state index contributed by atoms with van der Waals surface area (Å²) in [6.45, 7) is 2.08. The Morgan fingerprint density at radius 1 is 1.19 bits per heavy atom. The molecular weight excluding hydrogens is 341 g/mol. The molecule has 2 aliphatic rings. The molecule has 3 heterocycles. The van der Waals surface area contributed by atoms with E-state index in [1.807, 2.05) is 0 Å². The number of likely N-dealkylation sites (tertiary alicyclic amines) is 1. The molecule has 140 valence electrons. The molecular formula is C18H22FN3O4. The Hall–Kier alpha value is -2.35. The summed E-state index contributed by atoms with van der Waals surface area (Å²) in [5, 5.41) is 0. The van der Waals surface area contributed by atoms with Crippen molar-refractivity contribution in [2.45, 2.75) is 37.8 Å². The monoisotopic (exact) mass is 363 g/mol. The largest absolute Gasteiger partial charge is 0.497 e. The van der Waals surface area contributed by atoms with Crippen LogP contribution in [0.4, 0.5) is 4.39 Å². The number of hydrogen-bond donors (Lipinski definition) is 1. The molecule has 26 heavy (non-hydrogen) atoms. The highest BCUT2D eigenvalue weighted by Crippen LogP contribution is 2.30. The number of aromatic amines is 1. The van der Waals surface area contributed by atoms with E-state index in [1.54, 1.807) is 10.6 Å². The number of carbonyl (C=O) groups is 1. The number of hydrogen-bond acceptors (Lipinski definition) is 5. The summed E-state index contributed by atoms with van der Waals surface area (Å²) >= 11 is 0. The molecule has 0 radical (unpaired) electrons. The van der Waals surface area contributed by atoms with E-state index in [2.05, 4.69) is 9.88 Å². The molecule has 2 aliphatic heterocycles.